The molecule has 0 aromatic heterocycles. The standard InChI is InChI=1S/C6H9N3O4/c7-9-8-4(3-6(12)13)1-2-5(10)11/h4H,1-3H2,(H,10,11)(H,12,13). The molecule has 0 aromatic carbocycles. The summed E-state index contributed by atoms with van der Waals surface area (Å²) in [7, 11) is 0. The zero-order valence-corrected chi connectivity index (χ0v) is 6.75. The van der Waals surface area contributed by atoms with Crippen molar-refractivity contribution in [2.45, 2.75) is 25.3 Å². The molecule has 0 radical (unpaired) electrons. The lowest BCUT2D eigenvalue weighted by Crippen LogP contribution is -2.12. The summed E-state index contributed by atoms with van der Waals surface area (Å²) in [5, 5.41) is 19.8. The molecule has 0 rings (SSSR count). The Kier molecular flexibility index (Phi) is 5.06. The van der Waals surface area contributed by atoms with Crippen LogP contribution >= 0.6 is 0 Å². The van der Waals surface area contributed by atoms with E-state index in [1.54, 1.807) is 0 Å². The number of azide groups is 1. The molecule has 0 aliphatic carbocycles. The lowest BCUT2D eigenvalue weighted by molar-refractivity contribution is -0.139. The first-order chi connectivity index (χ1) is 6.06. The number of hydrogen-bond donors (Lipinski definition) is 2. The molecule has 0 aliphatic rings. The van der Waals surface area contributed by atoms with Crippen molar-refractivity contribution in [3.05, 3.63) is 10.4 Å². The maximum Gasteiger partial charge on any atom is 0.303 e. The number of hydrogen-bond acceptors (Lipinski definition) is 3. The fourth-order valence-electron chi connectivity index (χ4n) is 0.765. The summed E-state index contributed by atoms with van der Waals surface area (Å²) < 4.78 is 0. The van der Waals surface area contributed by atoms with Crippen LogP contribution in [0.25, 0.3) is 10.4 Å². The van der Waals surface area contributed by atoms with Gasteiger partial charge in [0.25, 0.3) is 0 Å². The average molecular weight is 187 g/mol. The SMILES string of the molecule is [N-]=[N+]=NC(CCC(=O)O)CC(=O)O. The van der Waals surface area contributed by atoms with E-state index >= 15 is 0 Å². The molecule has 0 bridgehead atoms. The van der Waals surface area contributed by atoms with E-state index in [4.69, 9.17) is 15.7 Å². The van der Waals surface area contributed by atoms with Gasteiger partial charge in [-0.2, -0.15) is 0 Å². The van der Waals surface area contributed by atoms with Crippen LogP contribution in [0.4, 0.5) is 0 Å². The minimum absolute atomic E-state index is 0.0473. The van der Waals surface area contributed by atoms with Crippen molar-refractivity contribution in [3.8, 4) is 0 Å². The molecule has 7 heteroatoms. The lowest BCUT2D eigenvalue weighted by atomic mass is 10.1. The van der Waals surface area contributed by atoms with Crippen molar-refractivity contribution < 1.29 is 19.8 Å². The minimum Gasteiger partial charge on any atom is -0.481 e. The van der Waals surface area contributed by atoms with Gasteiger partial charge in [0.1, 0.15) is 0 Å². The Labute approximate surface area is 73.6 Å². The van der Waals surface area contributed by atoms with Crippen molar-refractivity contribution in [1.82, 2.24) is 0 Å². The van der Waals surface area contributed by atoms with Crippen molar-refractivity contribution >= 4 is 11.9 Å². The number of nitrogens with zero attached hydrogens (tertiary/aromatic N) is 3. The zero-order chi connectivity index (χ0) is 10.3. The summed E-state index contributed by atoms with van der Waals surface area (Å²) in [4.78, 5) is 22.7. The zero-order valence-electron chi connectivity index (χ0n) is 6.75. The Bertz CT molecular complexity index is 246. The molecule has 0 fully saturated rings. The largest absolute Gasteiger partial charge is 0.481 e. The average Bonchev–Trinajstić information content (AvgIpc) is 1.99. The maximum atomic E-state index is 10.2. The Balaban J connectivity index is 4.01. The fourth-order valence-corrected chi connectivity index (χ4v) is 0.765. The highest BCUT2D eigenvalue weighted by molar-refractivity contribution is 5.68. The van der Waals surface area contributed by atoms with Gasteiger partial charge < -0.3 is 10.2 Å². The van der Waals surface area contributed by atoms with E-state index in [1.807, 2.05) is 0 Å². The molecule has 72 valence electrons. The van der Waals surface area contributed by atoms with Gasteiger partial charge in [0.05, 0.1) is 6.42 Å². The monoisotopic (exact) mass is 187 g/mol. The highest BCUT2D eigenvalue weighted by atomic mass is 16.4. The van der Waals surface area contributed by atoms with Crippen LogP contribution in [0.15, 0.2) is 5.11 Å². The van der Waals surface area contributed by atoms with Gasteiger partial charge in [-0.15, -0.1) is 0 Å². The molecule has 0 spiro atoms. The lowest BCUT2D eigenvalue weighted by Gasteiger charge is -2.04. The van der Waals surface area contributed by atoms with Crippen molar-refractivity contribution in [2.24, 2.45) is 5.11 Å². The Hall–Kier alpha value is -1.75. The fraction of sp³-hybridized carbons (Fsp3) is 0.667. The van der Waals surface area contributed by atoms with Gasteiger partial charge in [-0.25, -0.2) is 0 Å². The van der Waals surface area contributed by atoms with Crippen molar-refractivity contribution in [1.29, 1.82) is 0 Å². The molecule has 7 nitrogen and oxygen atoms in total. The van der Waals surface area contributed by atoms with Crippen molar-refractivity contribution in [2.75, 3.05) is 0 Å². The molecular weight excluding hydrogens is 178 g/mol. The van der Waals surface area contributed by atoms with Gasteiger partial charge >= 0.3 is 11.9 Å². The summed E-state index contributed by atoms with van der Waals surface area (Å²) in [6.45, 7) is 0. The molecule has 0 amide bonds. The molecule has 0 aliphatic heterocycles. The van der Waals surface area contributed by atoms with E-state index in [-0.39, 0.29) is 19.3 Å². The Morgan fingerprint density at radius 2 is 2.00 bits per heavy atom. The Morgan fingerprint density at radius 3 is 2.38 bits per heavy atom. The third kappa shape index (κ3) is 6.64. The molecule has 13 heavy (non-hydrogen) atoms. The molecule has 1 atom stereocenters. The summed E-state index contributed by atoms with van der Waals surface area (Å²) in [6, 6.07) is -0.779. The van der Waals surface area contributed by atoms with Crippen LogP contribution in [0.1, 0.15) is 19.3 Å². The van der Waals surface area contributed by atoms with Crippen LogP contribution in [-0.2, 0) is 9.59 Å². The van der Waals surface area contributed by atoms with E-state index in [0.29, 0.717) is 0 Å². The van der Waals surface area contributed by atoms with E-state index in [9.17, 15) is 9.59 Å². The normalized spacial score (nSPS) is 11.4. The predicted molar refractivity (Wildman–Crippen MR) is 42.1 cm³/mol. The highest BCUT2D eigenvalue weighted by Gasteiger charge is 2.12. The highest BCUT2D eigenvalue weighted by Crippen LogP contribution is 2.07. The van der Waals surface area contributed by atoms with Crippen LogP contribution in [0, 0.1) is 0 Å². The minimum atomic E-state index is -1.11. The summed E-state index contributed by atoms with van der Waals surface area (Å²) in [5.41, 5.74) is 8.03. The van der Waals surface area contributed by atoms with Gasteiger partial charge in [0.2, 0.25) is 0 Å². The number of aliphatic carboxylic acids is 2. The van der Waals surface area contributed by atoms with E-state index < -0.39 is 18.0 Å². The molecule has 2 N–H and O–H groups in total. The Morgan fingerprint density at radius 1 is 1.38 bits per heavy atom. The van der Waals surface area contributed by atoms with Gasteiger partial charge in [-0.1, -0.05) is 5.11 Å². The quantitative estimate of drug-likeness (QED) is 0.365. The van der Waals surface area contributed by atoms with Crippen LogP contribution in [0.2, 0.25) is 0 Å². The van der Waals surface area contributed by atoms with E-state index in [1.165, 1.54) is 0 Å². The van der Waals surface area contributed by atoms with Crippen LogP contribution in [-0.4, -0.2) is 28.2 Å². The van der Waals surface area contributed by atoms with Crippen molar-refractivity contribution in [3.63, 3.8) is 0 Å². The first kappa shape index (κ1) is 11.2. The second-order valence-corrected chi connectivity index (χ2v) is 2.39. The smallest absolute Gasteiger partial charge is 0.303 e. The van der Waals surface area contributed by atoms with Crippen LogP contribution in [0.3, 0.4) is 0 Å². The molecule has 1 unspecified atom stereocenters. The number of carbonyl (C=O) groups is 2. The van der Waals surface area contributed by atoms with E-state index in [0.717, 1.165) is 0 Å². The molecular formula is C6H9N3O4. The summed E-state index contributed by atoms with van der Waals surface area (Å²) in [5.74, 6) is -2.15. The summed E-state index contributed by atoms with van der Waals surface area (Å²) in [6.07, 6.45) is -0.486. The number of rotatable bonds is 6. The molecule has 0 saturated heterocycles. The number of carboxylic acids is 2. The third-order valence-corrected chi connectivity index (χ3v) is 1.32. The topological polar surface area (TPSA) is 123 Å². The first-order valence-corrected chi connectivity index (χ1v) is 3.54. The predicted octanol–water partition coefficient (Wildman–Crippen LogP) is 1.00. The molecule has 0 aromatic rings. The van der Waals surface area contributed by atoms with Crippen LogP contribution in [0.5, 0.6) is 0 Å². The van der Waals surface area contributed by atoms with Gasteiger partial charge in [-0.05, 0) is 12.0 Å². The van der Waals surface area contributed by atoms with Gasteiger partial charge in [0, 0.05) is 17.4 Å². The number of carboxylic acid groups (broad SMARTS) is 2. The van der Waals surface area contributed by atoms with Crippen LogP contribution < -0.4 is 0 Å². The third-order valence-electron chi connectivity index (χ3n) is 1.32. The first-order valence-electron chi connectivity index (χ1n) is 3.54. The van der Waals surface area contributed by atoms with Gasteiger partial charge in [0.15, 0.2) is 0 Å². The second-order valence-electron chi connectivity index (χ2n) is 2.39. The maximum absolute atomic E-state index is 10.2. The second kappa shape index (κ2) is 5.84. The van der Waals surface area contributed by atoms with E-state index in [2.05, 4.69) is 10.0 Å². The summed E-state index contributed by atoms with van der Waals surface area (Å²) >= 11 is 0. The molecule has 0 heterocycles. The molecule has 0 saturated carbocycles. The van der Waals surface area contributed by atoms with Gasteiger partial charge in [-0.3, -0.25) is 9.59 Å².